The summed E-state index contributed by atoms with van der Waals surface area (Å²) in [6, 6.07) is 0. The minimum Gasteiger partial charge on any atom is -0.383 e. The fourth-order valence-corrected chi connectivity index (χ4v) is 1.71. The predicted octanol–water partition coefficient (Wildman–Crippen LogP) is 0.328. The number of nitrogens with zero attached hydrogens (tertiary/aromatic N) is 3. The second-order valence-electron chi connectivity index (χ2n) is 3.45. The highest BCUT2D eigenvalue weighted by molar-refractivity contribution is 5.75. The molecule has 0 atom stereocenters. The van der Waals surface area contributed by atoms with E-state index in [2.05, 4.69) is 15.1 Å². The molecule has 1 N–H and O–H groups in total. The van der Waals surface area contributed by atoms with Gasteiger partial charge in [0.2, 0.25) is 0 Å². The van der Waals surface area contributed by atoms with Crippen LogP contribution >= 0.6 is 0 Å². The number of ether oxygens (including phenoxy) is 1. The van der Waals surface area contributed by atoms with E-state index in [-0.39, 0.29) is 5.56 Å². The summed E-state index contributed by atoms with van der Waals surface area (Å²) in [5, 5.41) is 4.25. The van der Waals surface area contributed by atoms with E-state index in [1.165, 1.54) is 6.33 Å². The van der Waals surface area contributed by atoms with Gasteiger partial charge in [-0.2, -0.15) is 5.10 Å². The Hall–Kier alpha value is -1.69. The first-order valence-corrected chi connectivity index (χ1v) is 5.20. The third kappa shape index (κ3) is 1.71. The summed E-state index contributed by atoms with van der Waals surface area (Å²) >= 11 is 0. The van der Waals surface area contributed by atoms with Crippen molar-refractivity contribution < 1.29 is 4.74 Å². The summed E-state index contributed by atoms with van der Waals surface area (Å²) in [5.41, 5.74) is 1.85. The van der Waals surface area contributed by atoms with Crippen LogP contribution in [0.25, 0.3) is 11.0 Å². The summed E-state index contributed by atoms with van der Waals surface area (Å²) < 4.78 is 6.79. The van der Waals surface area contributed by atoms with Gasteiger partial charge in [0.1, 0.15) is 5.52 Å². The van der Waals surface area contributed by atoms with E-state index in [4.69, 9.17) is 4.74 Å². The molecule has 0 aliphatic heterocycles. The first kappa shape index (κ1) is 10.8. The van der Waals surface area contributed by atoms with Gasteiger partial charge in [-0.25, -0.2) is 4.98 Å². The van der Waals surface area contributed by atoms with Gasteiger partial charge in [-0.15, -0.1) is 0 Å². The zero-order chi connectivity index (χ0) is 11.5. The maximum absolute atomic E-state index is 11.5. The van der Waals surface area contributed by atoms with Crippen molar-refractivity contribution in [3.8, 4) is 0 Å². The van der Waals surface area contributed by atoms with Gasteiger partial charge in [-0.1, -0.05) is 6.92 Å². The lowest BCUT2D eigenvalue weighted by molar-refractivity contribution is 0.183. The van der Waals surface area contributed by atoms with Crippen molar-refractivity contribution in [1.29, 1.82) is 0 Å². The zero-order valence-corrected chi connectivity index (χ0v) is 9.36. The maximum Gasteiger partial charge on any atom is 0.279 e. The summed E-state index contributed by atoms with van der Waals surface area (Å²) in [5.74, 6) is 0. The van der Waals surface area contributed by atoms with E-state index in [1.54, 1.807) is 11.8 Å². The fourth-order valence-electron chi connectivity index (χ4n) is 1.71. The van der Waals surface area contributed by atoms with Crippen molar-refractivity contribution in [2.75, 3.05) is 13.7 Å². The quantitative estimate of drug-likeness (QED) is 0.809. The van der Waals surface area contributed by atoms with E-state index >= 15 is 0 Å². The monoisotopic (exact) mass is 222 g/mol. The average molecular weight is 222 g/mol. The number of fused-ring (bicyclic) bond motifs is 1. The van der Waals surface area contributed by atoms with Gasteiger partial charge < -0.3 is 9.72 Å². The molecular formula is C10H14N4O2. The van der Waals surface area contributed by atoms with Crippen molar-refractivity contribution in [2.24, 2.45) is 0 Å². The van der Waals surface area contributed by atoms with Crippen molar-refractivity contribution in [3.05, 3.63) is 22.4 Å². The van der Waals surface area contributed by atoms with E-state index in [0.717, 1.165) is 12.1 Å². The highest BCUT2D eigenvalue weighted by atomic mass is 16.5. The fraction of sp³-hybridized carbons (Fsp3) is 0.500. The number of nitrogens with one attached hydrogen (secondary N) is 1. The van der Waals surface area contributed by atoms with Gasteiger partial charge in [0.25, 0.3) is 5.56 Å². The lowest BCUT2D eigenvalue weighted by Crippen LogP contribution is -2.09. The highest BCUT2D eigenvalue weighted by Crippen LogP contribution is 2.12. The Labute approximate surface area is 92.3 Å². The number of H-pyrrole nitrogens is 1. The first-order chi connectivity index (χ1) is 7.77. The standard InChI is InChI=1S/C10H14N4O2/c1-3-7-8-9(10(15)12-6-11-8)13-14(7)4-5-16-2/h6H,3-5H2,1-2H3,(H,11,12,15). The predicted molar refractivity (Wildman–Crippen MR) is 59.4 cm³/mol. The maximum atomic E-state index is 11.5. The Morgan fingerprint density at radius 1 is 1.50 bits per heavy atom. The second-order valence-corrected chi connectivity index (χ2v) is 3.45. The van der Waals surface area contributed by atoms with Gasteiger partial charge in [-0.05, 0) is 6.42 Å². The second kappa shape index (κ2) is 4.44. The third-order valence-electron chi connectivity index (χ3n) is 2.48. The molecule has 0 saturated carbocycles. The minimum absolute atomic E-state index is 0.198. The topological polar surface area (TPSA) is 72.8 Å². The van der Waals surface area contributed by atoms with Crippen LogP contribution in [-0.2, 0) is 17.7 Å². The summed E-state index contributed by atoms with van der Waals surface area (Å²) in [6.45, 7) is 3.22. The largest absolute Gasteiger partial charge is 0.383 e. The van der Waals surface area contributed by atoms with Crippen molar-refractivity contribution >= 4 is 11.0 Å². The van der Waals surface area contributed by atoms with E-state index in [1.807, 2.05) is 6.92 Å². The third-order valence-corrected chi connectivity index (χ3v) is 2.48. The number of aromatic amines is 1. The summed E-state index contributed by atoms with van der Waals surface area (Å²) in [6.07, 6.45) is 2.20. The van der Waals surface area contributed by atoms with Gasteiger partial charge in [0, 0.05) is 7.11 Å². The number of hydrogen-bond acceptors (Lipinski definition) is 4. The Kier molecular flexibility index (Phi) is 3.00. The number of rotatable bonds is 4. The van der Waals surface area contributed by atoms with Crippen molar-refractivity contribution in [3.63, 3.8) is 0 Å². The molecule has 2 aromatic heterocycles. The Bertz CT molecular complexity index is 543. The molecule has 2 rings (SSSR count). The van der Waals surface area contributed by atoms with E-state index < -0.39 is 0 Å². The molecule has 6 nitrogen and oxygen atoms in total. The van der Waals surface area contributed by atoms with Crippen LogP contribution in [0.3, 0.4) is 0 Å². The van der Waals surface area contributed by atoms with Crippen LogP contribution in [0, 0.1) is 0 Å². The van der Waals surface area contributed by atoms with Crippen molar-refractivity contribution in [2.45, 2.75) is 19.9 Å². The molecule has 0 aliphatic carbocycles. The normalized spacial score (nSPS) is 11.1. The van der Waals surface area contributed by atoms with Crippen LogP contribution in [-0.4, -0.2) is 33.5 Å². The molecule has 2 aromatic rings. The van der Waals surface area contributed by atoms with Crippen LogP contribution in [0.2, 0.25) is 0 Å². The number of hydrogen-bond donors (Lipinski definition) is 1. The van der Waals surface area contributed by atoms with Gasteiger partial charge >= 0.3 is 0 Å². The molecule has 2 heterocycles. The molecule has 0 amide bonds. The SMILES string of the molecule is CCc1c2nc[nH]c(=O)c2nn1CCOC. The van der Waals surface area contributed by atoms with Crippen molar-refractivity contribution in [1.82, 2.24) is 19.7 Å². The molecule has 6 heteroatoms. The summed E-state index contributed by atoms with van der Waals surface area (Å²) in [7, 11) is 1.64. The molecular weight excluding hydrogens is 208 g/mol. The molecule has 0 bridgehead atoms. The van der Waals surface area contributed by atoms with Gasteiger partial charge in [0.05, 0.1) is 25.2 Å². The lowest BCUT2D eigenvalue weighted by atomic mass is 10.3. The van der Waals surface area contributed by atoms with E-state index in [0.29, 0.717) is 24.2 Å². The molecule has 0 spiro atoms. The van der Waals surface area contributed by atoms with Crippen LogP contribution in [0.5, 0.6) is 0 Å². The molecule has 0 radical (unpaired) electrons. The first-order valence-electron chi connectivity index (χ1n) is 5.20. The number of methoxy groups -OCH3 is 1. The van der Waals surface area contributed by atoms with Gasteiger partial charge in [0.15, 0.2) is 5.52 Å². The average Bonchev–Trinajstić information content (AvgIpc) is 2.65. The molecule has 86 valence electrons. The highest BCUT2D eigenvalue weighted by Gasteiger charge is 2.12. The Morgan fingerprint density at radius 2 is 2.31 bits per heavy atom. The zero-order valence-electron chi connectivity index (χ0n) is 9.36. The van der Waals surface area contributed by atoms with Gasteiger partial charge in [-0.3, -0.25) is 9.48 Å². The Balaban J connectivity index is 2.57. The van der Waals surface area contributed by atoms with Crippen LogP contribution in [0.1, 0.15) is 12.6 Å². The molecule has 0 unspecified atom stereocenters. The minimum atomic E-state index is -0.198. The van der Waals surface area contributed by atoms with Crippen LogP contribution < -0.4 is 5.56 Å². The smallest absolute Gasteiger partial charge is 0.279 e. The van der Waals surface area contributed by atoms with Crippen LogP contribution in [0.4, 0.5) is 0 Å². The Morgan fingerprint density at radius 3 is 3.00 bits per heavy atom. The molecule has 0 saturated heterocycles. The molecule has 16 heavy (non-hydrogen) atoms. The number of aromatic nitrogens is 4. The van der Waals surface area contributed by atoms with E-state index in [9.17, 15) is 4.79 Å². The molecule has 0 aliphatic rings. The lowest BCUT2D eigenvalue weighted by Gasteiger charge is -2.03. The summed E-state index contributed by atoms with van der Waals surface area (Å²) in [4.78, 5) is 18.2. The molecule has 0 aromatic carbocycles. The van der Waals surface area contributed by atoms with Crippen LogP contribution in [0.15, 0.2) is 11.1 Å². The number of aryl methyl sites for hydroxylation is 1. The molecule has 0 fully saturated rings.